The van der Waals surface area contributed by atoms with Crippen LogP contribution in [0.4, 0.5) is 0 Å². The van der Waals surface area contributed by atoms with Crippen molar-refractivity contribution in [2.75, 3.05) is 13.1 Å². The minimum atomic E-state index is -0.683. The standard InChI is InChI=1S/C8H13NO2/c1-3-6(2)9-4-7(5-9)8(10)11/h3,6-7H,1,4-5H2,2H3,(H,10,11). The van der Waals surface area contributed by atoms with Crippen molar-refractivity contribution in [2.24, 2.45) is 5.92 Å². The molecule has 0 bridgehead atoms. The van der Waals surface area contributed by atoms with Crippen LogP contribution in [-0.2, 0) is 4.79 Å². The summed E-state index contributed by atoms with van der Waals surface area (Å²) in [6.07, 6.45) is 1.83. The first-order valence-electron chi connectivity index (χ1n) is 3.74. The molecule has 1 heterocycles. The Morgan fingerprint density at radius 3 is 2.73 bits per heavy atom. The minimum absolute atomic E-state index is 0.155. The number of hydrogen-bond donors (Lipinski definition) is 1. The third-order valence-electron chi connectivity index (χ3n) is 2.18. The molecule has 1 aliphatic rings. The Hall–Kier alpha value is -0.830. The van der Waals surface area contributed by atoms with Gasteiger partial charge < -0.3 is 5.11 Å². The first-order chi connectivity index (χ1) is 5.15. The Morgan fingerprint density at radius 2 is 2.36 bits per heavy atom. The van der Waals surface area contributed by atoms with Gasteiger partial charge in [-0.1, -0.05) is 6.08 Å². The van der Waals surface area contributed by atoms with Crippen LogP contribution >= 0.6 is 0 Å². The summed E-state index contributed by atoms with van der Waals surface area (Å²) < 4.78 is 0. The molecule has 0 aromatic heterocycles. The van der Waals surface area contributed by atoms with Crippen molar-refractivity contribution in [1.82, 2.24) is 4.90 Å². The molecule has 0 saturated carbocycles. The number of carboxylic acid groups (broad SMARTS) is 1. The first kappa shape index (κ1) is 8.27. The van der Waals surface area contributed by atoms with Crippen LogP contribution in [0.25, 0.3) is 0 Å². The molecule has 0 spiro atoms. The zero-order chi connectivity index (χ0) is 8.43. The van der Waals surface area contributed by atoms with Crippen LogP contribution < -0.4 is 0 Å². The predicted octanol–water partition coefficient (Wildman–Crippen LogP) is 0.577. The Kier molecular flexibility index (Phi) is 2.29. The fourth-order valence-corrected chi connectivity index (χ4v) is 1.15. The van der Waals surface area contributed by atoms with Gasteiger partial charge >= 0.3 is 5.97 Å². The normalized spacial score (nSPS) is 22.3. The first-order valence-corrected chi connectivity index (χ1v) is 3.74. The third-order valence-corrected chi connectivity index (χ3v) is 2.18. The zero-order valence-electron chi connectivity index (χ0n) is 6.66. The average molecular weight is 155 g/mol. The van der Waals surface area contributed by atoms with Crippen molar-refractivity contribution in [3.05, 3.63) is 12.7 Å². The van der Waals surface area contributed by atoms with Gasteiger partial charge in [0.2, 0.25) is 0 Å². The van der Waals surface area contributed by atoms with E-state index in [-0.39, 0.29) is 5.92 Å². The lowest BCUT2D eigenvalue weighted by Crippen LogP contribution is -2.53. The van der Waals surface area contributed by atoms with Gasteiger partial charge in [0.05, 0.1) is 5.92 Å². The second-order valence-electron chi connectivity index (χ2n) is 2.97. The van der Waals surface area contributed by atoms with Crippen LogP contribution in [0.5, 0.6) is 0 Å². The van der Waals surface area contributed by atoms with Crippen LogP contribution in [-0.4, -0.2) is 35.1 Å². The van der Waals surface area contributed by atoms with Crippen molar-refractivity contribution >= 4 is 5.97 Å². The van der Waals surface area contributed by atoms with Crippen LogP contribution in [0.15, 0.2) is 12.7 Å². The molecule has 3 nitrogen and oxygen atoms in total. The fourth-order valence-electron chi connectivity index (χ4n) is 1.15. The molecule has 1 rings (SSSR count). The summed E-state index contributed by atoms with van der Waals surface area (Å²) in [4.78, 5) is 12.5. The Balaban J connectivity index is 2.29. The van der Waals surface area contributed by atoms with Crippen molar-refractivity contribution in [1.29, 1.82) is 0 Å². The minimum Gasteiger partial charge on any atom is -0.481 e. The third kappa shape index (κ3) is 1.60. The molecular formula is C8H13NO2. The van der Waals surface area contributed by atoms with E-state index < -0.39 is 5.97 Å². The molecule has 62 valence electrons. The van der Waals surface area contributed by atoms with Gasteiger partial charge in [0.25, 0.3) is 0 Å². The maximum Gasteiger partial charge on any atom is 0.309 e. The van der Waals surface area contributed by atoms with E-state index in [1.54, 1.807) is 0 Å². The maximum atomic E-state index is 10.4. The number of rotatable bonds is 3. The van der Waals surface area contributed by atoms with Gasteiger partial charge in [-0.15, -0.1) is 6.58 Å². The summed E-state index contributed by atoms with van der Waals surface area (Å²) in [7, 11) is 0. The molecule has 0 radical (unpaired) electrons. The highest BCUT2D eigenvalue weighted by Gasteiger charge is 2.33. The van der Waals surface area contributed by atoms with Gasteiger partial charge in [0, 0.05) is 19.1 Å². The molecule has 1 atom stereocenters. The Bertz CT molecular complexity index is 173. The van der Waals surface area contributed by atoms with Gasteiger partial charge in [-0.25, -0.2) is 0 Å². The van der Waals surface area contributed by atoms with E-state index in [2.05, 4.69) is 11.5 Å². The molecular weight excluding hydrogens is 142 g/mol. The van der Waals surface area contributed by atoms with Crippen molar-refractivity contribution in [2.45, 2.75) is 13.0 Å². The number of carbonyl (C=O) groups is 1. The molecule has 0 aromatic rings. The summed E-state index contributed by atoms with van der Waals surface area (Å²) in [5.41, 5.74) is 0. The zero-order valence-corrected chi connectivity index (χ0v) is 6.66. The quantitative estimate of drug-likeness (QED) is 0.606. The number of nitrogens with zero attached hydrogens (tertiary/aromatic N) is 1. The van der Waals surface area contributed by atoms with Gasteiger partial charge in [0.1, 0.15) is 0 Å². The van der Waals surface area contributed by atoms with E-state index in [4.69, 9.17) is 5.11 Å². The molecule has 1 unspecified atom stereocenters. The van der Waals surface area contributed by atoms with Crippen LogP contribution in [0.3, 0.4) is 0 Å². The molecule has 1 fully saturated rings. The van der Waals surface area contributed by atoms with E-state index in [1.807, 2.05) is 13.0 Å². The monoisotopic (exact) mass is 155 g/mol. The van der Waals surface area contributed by atoms with Crippen molar-refractivity contribution < 1.29 is 9.90 Å². The van der Waals surface area contributed by atoms with E-state index in [1.165, 1.54) is 0 Å². The second-order valence-corrected chi connectivity index (χ2v) is 2.97. The highest BCUT2D eigenvalue weighted by atomic mass is 16.4. The van der Waals surface area contributed by atoms with Crippen LogP contribution in [0, 0.1) is 5.92 Å². The Morgan fingerprint density at radius 1 is 1.82 bits per heavy atom. The summed E-state index contributed by atoms with van der Waals surface area (Å²) in [5, 5.41) is 8.55. The van der Waals surface area contributed by atoms with E-state index in [0.717, 1.165) is 0 Å². The molecule has 1 saturated heterocycles. The van der Waals surface area contributed by atoms with Crippen LogP contribution in [0.1, 0.15) is 6.92 Å². The number of hydrogen-bond acceptors (Lipinski definition) is 2. The lowest BCUT2D eigenvalue weighted by molar-refractivity contribution is -0.148. The molecule has 0 aliphatic carbocycles. The van der Waals surface area contributed by atoms with Gasteiger partial charge in [0.15, 0.2) is 0 Å². The lowest BCUT2D eigenvalue weighted by atomic mass is 9.98. The molecule has 0 aromatic carbocycles. The van der Waals surface area contributed by atoms with Crippen molar-refractivity contribution in [3.8, 4) is 0 Å². The van der Waals surface area contributed by atoms with E-state index >= 15 is 0 Å². The molecule has 1 N–H and O–H groups in total. The largest absolute Gasteiger partial charge is 0.481 e. The average Bonchev–Trinajstić information content (AvgIpc) is 1.83. The number of carboxylic acids is 1. The SMILES string of the molecule is C=CC(C)N1CC(C(=O)O)C1. The highest BCUT2D eigenvalue weighted by Crippen LogP contribution is 2.18. The van der Waals surface area contributed by atoms with Crippen LogP contribution in [0.2, 0.25) is 0 Å². The Labute approximate surface area is 66.3 Å². The summed E-state index contributed by atoms with van der Waals surface area (Å²) in [6, 6.07) is 0.311. The van der Waals surface area contributed by atoms with E-state index in [9.17, 15) is 4.79 Å². The maximum absolute atomic E-state index is 10.4. The van der Waals surface area contributed by atoms with Gasteiger partial charge in [-0.3, -0.25) is 9.69 Å². The molecule has 0 amide bonds. The fraction of sp³-hybridized carbons (Fsp3) is 0.625. The summed E-state index contributed by atoms with van der Waals surface area (Å²) in [6.45, 7) is 7.00. The number of likely N-dealkylation sites (tertiary alicyclic amines) is 1. The van der Waals surface area contributed by atoms with E-state index in [0.29, 0.717) is 19.1 Å². The topological polar surface area (TPSA) is 40.5 Å². The number of aliphatic carboxylic acids is 1. The summed E-state index contributed by atoms with van der Waals surface area (Å²) in [5.74, 6) is -0.838. The van der Waals surface area contributed by atoms with Gasteiger partial charge in [-0.2, -0.15) is 0 Å². The lowest BCUT2D eigenvalue weighted by Gasteiger charge is -2.39. The van der Waals surface area contributed by atoms with Gasteiger partial charge in [-0.05, 0) is 6.92 Å². The predicted molar refractivity (Wildman–Crippen MR) is 42.4 cm³/mol. The molecule has 3 heteroatoms. The van der Waals surface area contributed by atoms with Crippen molar-refractivity contribution in [3.63, 3.8) is 0 Å². The smallest absolute Gasteiger partial charge is 0.309 e. The molecule has 11 heavy (non-hydrogen) atoms. The highest BCUT2D eigenvalue weighted by molar-refractivity contribution is 5.71. The second kappa shape index (κ2) is 3.05. The molecule has 1 aliphatic heterocycles. The summed E-state index contributed by atoms with van der Waals surface area (Å²) >= 11 is 0.